The van der Waals surface area contributed by atoms with Crippen LogP contribution in [0, 0.1) is 5.92 Å². The van der Waals surface area contributed by atoms with Gasteiger partial charge in [0.2, 0.25) is 0 Å². The van der Waals surface area contributed by atoms with Gasteiger partial charge in [0.05, 0.1) is 12.7 Å². The van der Waals surface area contributed by atoms with Crippen molar-refractivity contribution in [3.8, 4) is 0 Å². The van der Waals surface area contributed by atoms with Gasteiger partial charge in [-0.25, -0.2) is 0 Å². The first-order chi connectivity index (χ1) is 7.36. The van der Waals surface area contributed by atoms with Crippen molar-refractivity contribution in [2.24, 2.45) is 5.92 Å². The number of hydrogen-bond acceptors (Lipinski definition) is 2. The molecular formula is C13H26O2. The first-order valence-corrected chi connectivity index (χ1v) is 6.56. The van der Waals surface area contributed by atoms with Gasteiger partial charge < -0.3 is 9.47 Å². The second-order valence-corrected chi connectivity index (χ2v) is 4.59. The van der Waals surface area contributed by atoms with E-state index in [0.29, 0.717) is 6.10 Å². The van der Waals surface area contributed by atoms with Crippen molar-refractivity contribution in [3.63, 3.8) is 0 Å². The van der Waals surface area contributed by atoms with E-state index in [4.69, 9.17) is 9.47 Å². The van der Waals surface area contributed by atoms with Gasteiger partial charge in [0.1, 0.15) is 0 Å². The molecule has 0 bridgehead atoms. The van der Waals surface area contributed by atoms with Crippen LogP contribution >= 0.6 is 0 Å². The van der Waals surface area contributed by atoms with Gasteiger partial charge in [-0.3, -0.25) is 0 Å². The molecule has 0 spiro atoms. The molecule has 2 heteroatoms. The largest absolute Gasteiger partial charge is 0.378 e. The highest BCUT2D eigenvalue weighted by atomic mass is 16.5. The van der Waals surface area contributed by atoms with E-state index in [1.165, 1.54) is 38.5 Å². The quantitative estimate of drug-likeness (QED) is 0.616. The molecule has 0 aromatic heterocycles. The maximum Gasteiger partial charge on any atom is 0.0809 e. The van der Waals surface area contributed by atoms with E-state index in [1.54, 1.807) is 0 Å². The number of rotatable bonds is 8. The zero-order chi connectivity index (χ0) is 10.9. The van der Waals surface area contributed by atoms with Gasteiger partial charge in [0, 0.05) is 13.2 Å². The minimum Gasteiger partial charge on any atom is -0.378 e. The summed E-state index contributed by atoms with van der Waals surface area (Å²) in [7, 11) is 0. The molecule has 1 rings (SSSR count). The molecule has 0 aliphatic carbocycles. The minimum absolute atomic E-state index is 0.383. The summed E-state index contributed by atoms with van der Waals surface area (Å²) in [6.07, 6.45) is 7.97. The van der Waals surface area contributed by atoms with Crippen LogP contribution in [0.5, 0.6) is 0 Å². The van der Waals surface area contributed by atoms with Crippen molar-refractivity contribution in [1.29, 1.82) is 0 Å². The first-order valence-electron chi connectivity index (χ1n) is 6.56. The van der Waals surface area contributed by atoms with Crippen LogP contribution in [0.15, 0.2) is 0 Å². The van der Waals surface area contributed by atoms with E-state index >= 15 is 0 Å². The molecule has 0 radical (unpaired) electrons. The van der Waals surface area contributed by atoms with Crippen LogP contribution in [0.4, 0.5) is 0 Å². The van der Waals surface area contributed by atoms with Crippen LogP contribution in [0.3, 0.4) is 0 Å². The molecule has 0 N–H and O–H groups in total. The molecule has 1 aliphatic rings. The van der Waals surface area contributed by atoms with Crippen molar-refractivity contribution >= 4 is 0 Å². The summed E-state index contributed by atoms with van der Waals surface area (Å²) in [5.41, 5.74) is 0. The highest BCUT2D eigenvalue weighted by Gasteiger charge is 2.16. The van der Waals surface area contributed by atoms with Crippen molar-refractivity contribution in [2.75, 3.05) is 19.8 Å². The van der Waals surface area contributed by atoms with Gasteiger partial charge in [-0.05, 0) is 25.2 Å². The van der Waals surface area contributed by atoms with Crippen LogP contribution in [-0.4, -0.2) is 25.9 Å². The standard InChI is InChI=1S/C13H26O2/c1-3-5-7-12(4-2)10-14-11-13-8-6-9-15-13/h12-13H,3-11H2,1-2H3. The Morgan fingerprint density at radius 2 is 2.27 bits per heavy atom. The zero-order valence-electron chi connectivity index (χ0n) is 10.3. The van der Waals surface area contributed by atoms with E-state index in [1.807, 2.05) is 0 Å². The Morgan fingerprint density at radius 1 is 1.40 bits per heavy atom. The molecule has 0 amide bonds. The zero-order valence-corrected chi connectivity index (χ0v) is 10.3. The van der Waals surface area contributed by atoms with Crippen LogP contribution < -0.4 is 0 Å². The molecule has 1 aliphatic heterocycles. The van der Waals surface area contributed by atoms with Crippen LogP contribution in [-0.2, 0) is 9.47 Å². The predicted molar refractivity (Wildman–Crippen MR) is 63.1 cm³/mol. The molecule has 1 heterocycles. The summed E-state index contributed by atoms with van der Waals surface area (Å²) in [6, 6.07) is 0. The monoisotopic (exact) mass is 214 g/mol. The van der Waals surface area contributed by atoms with Crippen molar-refractivity contribution < 1.29 is 9.47 Å². The number of hydrogen-bond donors (Lipinski definition) is 0. The topological polar surface area (TPSA) is 18.5 Å². The highest BCUT2D eigenvalue weighted by molar-refractivity contribution is 4.64. The van der Waals surface area contributed by atoms with Gasteiger partial charge in [-0.15, -0.1) is 0 Å². The molecule has 90 valence electrons. The van der Waals surface area contributed by atoms with Crippen LogP contribution in [0.1, 0.15) is 52.4 Å². The fourth-order valence-electron chi connectivity index (χ4n) is 2.04. The summed E-state index contributed by atoms with van der Waals surface area (Å²) in [5, 5.41) is 0. The summed E-state index contributed by atoms with van der Waals surface area (Å²) in [6.45, 7) is 7.18. The predicted octanol–water partition coefficient (Wildman–Crippen LogP) is 3.40. The summed E-state index contributed by atoms with van der Waals surface area (Å²) < 4.78 is 11.3. The second-order valence-electron chi connectivity index (χ2n) is 4.59. The average molecular weight is 214 g/mol. The normalized spacial score (nSPS) is 23.2. The lowest BCUT2D eigenvalue weighted by molar-refractivity contribution is 0.00364. The lowest BCUT2D eigenvalue weighted by Crippen LogP contribution is -2.18. The summed E-state index contributed by atoms with van der Waals surface area (Å²) in [4.78, 5) is 0. The smallest absolute Gasteiger partial charge is 0.0809 e. The van der Waals surface area contributed by atoms with Crippen molar-refractivity contribution in [1.82, 2.24) is 0 Å². The number of ether oxygens (including phenoxy) is 2. The molecule has 2 atom stereocenters. The third kappa shape index (κ3) is 5.53. The van der Waals surface area contributed by atoms with E-state index < -0.39 is 0 Å². The van der Waals surface area contributed by atoms with E-state index in [9.17, 15) is 0 Å². The van der Waals surface area contributed by atoms with Gasteiger partial charge in [-0.2, -0.15) is 0 Å². The third-order valence-electron chi connectivity index (χ3n) is 3.22. The van der Waals surface area contributed by atoms with E-state index in [0.717, 1.165) is 25.7 Å². The number of unbranched alkanes of at least 4 members (excludes halogenated alkanes) is 1. The van der Waals surface area contributed by atoms with E-state index in [2.05, 4.69) is 13.8 Å². The molecule has 15 heavy (non-hydrogen) atoms. The fourth-order valence-corrected chi connectivity index (χ4v) is 2.04. The van der Waals surface area contributed by atoms with Crippen LogP contribution in [0.2, 0.25) is 0 Å². The average Bonchev–Trinajstić information content (AvgIpc) is 2.76. The molecular weight excluding hydrogens is 188 g/mol. The maximum atomic E-state index is 5.74. The van der Waals surface area contributed by atoms with Gasteiger partial charge in [-0.1, -0.05) is 33.1 Å². The maximum absolute atomic E-state index is 5.74. The van der Waals surface area contributed by atoms with Gasteiger partial charge in [0.25, 0.3) is 0 Å². The Balaban J connectivity index is 2.00. The minimum atomic E-state index is 0.383. The Morgan fingerprint density at radius 3 is 2.87 bits per heavy atom. The molecule has 0 saturated carbocycles. The first kappa shape index (κ1) is 13.0. The summed E-state index contributed by atoms with van der Waals surface area (Å²) in [5.74, 6) is 0.756. The Kier molecular flexibility index (Phi) is 7.03. The molecule has 0 aromatic rings. The SMILES string of the molecule is CCCCC(CC)COCC1CCCO1. The molecule has 1 saturated heterocycles. The molecule has 0 aromatic carbocycles. The highest BCUT2D eigenvalue weighted by Crippen LogP contribution is 2.15. The lowest BCUT2D eigenvalue weighted by Gasteiger charge is -2.16. The molecule has 1 fully saturated rings. The Bertz CT molecular complexity index is 141. The van der Waals surface area contributed by atoms with Crippen molar-refractivity contribution in [3.05, 3.63) is 0 Å². The lowest BCUT2D eigenvalue weighted by atomic mass is 10.0. The van der Waals surface area contributed by atoms with Crippen molar-refractivity contribution in [2.45, 2.75) is 58.5 Å². The van der Waals surface area contributed by atoms with Gasteiger partial charge >= 0.3 is 0 Å². The van der Waals surface area contributed by atoms with E-state index in [-0.39, 0.29) is 0 Å². The Labute approximate surface area is 94.3 Å². The third-order valence-corrected chi connectivity index (χ3v) is 3.22. The van der Waals surface area contributed by atoms with Gasteiger partial charge in [0.15, 0.2) is 0 Å². The van der Waals surface area contributed by atoms with Crippen LogP contribution in [0.25, 0.3) is 0 Å². The fraction of sp³-hybridized carbons (Fsp3) is 1.00. The molecule has 2 nitrogen and oxygen atoms in total. The Hall–Kier alpha value is -0.0800. The summed E-state index contributed by atoms with van der Waals surface area (Å²) >= 11 is 0. The molecule has 2 unspecified atom stereocenters. The second kappa shape index (κ2) is 8.12.